The van der Waals surface area contributed by atoms with Crippen LogP contribution in [0.5, 0.6) is 0 Å². The molecule has 0 unspecified atom stereocenters. The smallest absolute Gasteiger partial charge is 0.408 e. The van der Waals surface area contributed by atoms with Gasteiger partial charge in [-0.2, -0.15) is 0 Å². The topological polar surface area (TPSA) is 111 Å². The Labute approximate surface area is 176 Å². The minimum absolute atomic E-state index is 0.0730. The highest BCUT2D eigenvalue weighted by molar-refractivity contribution is 5.92. The van der Waals surface area contributed by atoms with E-state index < -0.39 is 48.0 Å². The van der Waals surface area contributed by atoms with Gasteiger partial charge >= 0.3 is 18.0 Å². The first-order valence-corrected chi connectivity index (χ1v) is 9.47. The van der Waals surface area contributed by atoms with Crippen LogP contribution < -0.4 is 5.32 Å². The van der Waals surface area contributed by atoms with Gasteiger partial charge in [0, 0.05) is 6.54 Å². The van der Waals surface area contributed by atoms with Gasteiger partial charge in [0.15, 0.2) is 0 Å². The summed E-state index contributed by atoms with van der Waals surface area (Å²) in [5, 5.41) is 2.41. The zero-order valence-corrected chi connectivity index (χ0v) is 18.3. The van der Waals surface area contributed by atoms with Crippen LogP contribution in [-0.4, -0.2) is 60.7 Å². The van der Waals surface area contributed by atoms with E-state index in [2.05, 4.69) is 10.1 Å². The second-order valence-electron chi connectivity index (χ2n) is 7.63. The second kappa shape index (κ2) is 11.2. The number of benzene rings is 1. The average Bonchev–Trinajstić information content (AvgIpc) is 2.69. The summed E-state index contributed by atoms with van der Waals surface area (Å²) in [5.74, 6) is -1.98. The number of hydrogen-bond acceptors (Lipinski definition) is 7. The predicted molar refractivity (Wildman–Crippen MR) is 108 cm³/mol. The SMILES string of the molecule is COC(=O)C[C@H](NC(=O)OC(C)(C)C)C(=O)N(Cc1ccccc1)[C@H](C)C(=O)OC. The molecule has 0 aliphatic carbocycles. The second-order valence-corrected chi connectivity index (χ2v) is 7.63. The van der Waals surface area contributed by atoms with Crippen LogP contribution >= 0.6 is 0 Å². The first kappa shape index (κ1) is 24.9. The number of methoxy groups -OCH3 is 2. The molecule has 30 heavy (non-hydrogen) atoms. The van der Waals surface area contributed by atoms with Crippen molar-refractivity contribution in [3.63, 3.8) is 0 Å². The maximum Gasteiger partial charge on any atom is 0.408 e. The number of carbonyl (C=O) groups is 4. The van der Waals surface area contributed by atoms with Gasteiger partial charge in [-0.25, -0.2) is 9.59 Å². The molecule has 1 N–H and O–H groups in total. The summed E-state index contributed by atoms with van der Waals surface area (Å²) in [7, 11) is 2.39. The van der Waals surface area contributed by atoms with Gasteiger partial charge in [-0.3, -0.25) is 9.59 Å². The zero-order chi connectivity index (χ0) is 22.9. The van der Waals surface area contributed by atoms with Crippen molar-refractivity contribution in [3.05, 3.63) is 35.9 Å². The summed E-state index contributed by atoms with van der Waals surface area (Å²) in [6, 6.07) is 6.76. The number of rotatable bonds is 8. The maximum absolute atomic E-state index is 13.3. The third-order valence-corrected chi connectivity index (χ3v) is 4.08. The Morgan fingerprint density at radius 3 is 2.13 bits per heavy atom. The van der Waals surface area contributed by atoms with Gasteiger partial charge in [0.1, 0.15) is 17.7 Å². The number of hydrogen-bond donors (Lipinski definition) is 1. The summed E-state index contributed by atoms with van der Waals surface area (Å²) in [6.07, 6.45) is -1.29. The fourth-order valence-corrected chi connectivity index (χ4v) is 2.58. The van der Waals surface area contributed by atoms with Crippen LogP contribution in [-0.2, 0) is 35.1 Å². The van der Waals surface area contributed by atoms with Crippen LogP contribution in [0.25, 0.3) is 0 Å². The largest absolute Gasteiger partial charge is 0.469 e. The normalized spacial score (nSPS) is 12.9. The van der Waals surface area contributed by atoms with Gasteiger partial charge in [0.25, 0.3) is 0 Å². The van der Waals surface area contributed by atoms with Crippen LogP contribution in [0.3, 0.4) is 0 Å². The number of alkyl carbamates (subject to hydrolysis) is 1. The molecule has 0 bridgehead atoms. The highest BCUT2D eigenvalue weighted by Gasteiger charge is 2.35. The molecule has 9 heteroatoms. The number of amides is 2. The summed E-state index contributed by atoms with van der Waals surface area (Å²) < 4.78 is 14.6. The molecule has 1 aromatic rings. The molecular formula is C21H30N2O7. The third kappa shape index (κ3) is 8.10. The molecule has 0 saturated heterocycles. The molecular weight excluding hydrogens is 392 g/mol. The molecule has 2 amide bonds. The van der Waals surface area contributed by atoms with E-state index in [1.807, 2.05) is 6.07 Å². The third-order valence-electron chi connectivity index (χ3n) is 4.08. The molecule has 9 nitrogen and oxygen atoms in total. The Kier molecular flexibility index (Phi) is 9.29. The molecule has 2 atom stereocenters. The molecule has 0 aliphatic heterocycles. The van der Waals surface area contributed by atoms with Gasteiger partial charge in [0.05, 0.1) is 20.6 Å². The highest BCUT2D eigenvalue weighted by Crippen LogP contribution is 2.14. The molecule has 1 aromatic carbocycles. The van der Waals surface area contributed by atoms with E-state index in [0.29, 0.717) is 0 Å². The number of carbonyl (C=O) groups excluding carboxylic acids is 4. The molecule has 1 rings (SSSR count). The summed E-state index contributed by atoms with van der Waals surface area (Å²) >= 11 is 0. The van der Waals surface area contributed by atoms with Gasteiger partial charge in [-0.1, -0.05) is 30.3 Å². The van der Waals surface area contributed by atoms with Crippen LogP contribution in [0.1, 0.15) is 39.7 Å². The van der Waals surface area contributed by atoms with Gasteiger partial charge in [0.2, 0.25) is 5.91 Å². The number of nitrogens with zero attached hydrogens (tertiary/aromatic N) is 1. The van der Waals surface area contributed by atoms with Crippen LogP contribution in [0.4, 0.5) is 4.79 Å². The molecule has 0 heterocycles. The van der Waals surface area contributed by atoms with Gasteiger partial charge in [-0.05, 0) is 33.3 Å². The van der Waals surface area contributed by atoms with E-state index in [1.165, 1.54) is 26.0 Å². The standard InChI is InChI=1S/C21H30N2O7/c1-14(19(26)29-6)23(13-15-10-8-7-9-11-15)18(25)16(12-17(24)28-5)22-20(27)30-21(2,3)4/h7-11,14,16H,12-13H2,1-6H3,(H,22,27)/t14-,16+/m1/s1. The Bertz CT molecular complexity index is 743. The van der Waals surface area contributed by atoms with Crippen LogP contribution in [0.2, 0.25) is 0 Å². The number of esters is 2. The maximum atomic E-state index is 13.3. The first-order chi connectivity index (χ1) is 14.0. The zero-order valence-electron chi connectivity index (χ0n) is 18.3. The predicted octanol–water partition coefficient (Wildman–Crippen LogP) is 2.03. The Balaban J connectivity index is 3.19. The lowest BCUT2D eigenvalue weighted by Crippen LogP contribution is -2.54. The van der Waals surface area contributed by atoms with Crippen LogP contribution in [0.15, 0.2) is 30.3 Å². The molecule has 0 aliphatic rings. The van der Waals surface area contributed by atoms with Crippen molar-refractivity contribution in [3.8, 4) is 0 Å². The first-order valence-electron chi connectivity index (χ1n) is 9.47. The Hall–Kier alpha value is -3.10. The van der Waals surface area contributed by atoms with Crippen molar-refractivity contribution in [2.75, 3.05) is 14.2 Å². The fourth-order valence-electron chi connectivity index (χ4n) is 2.58. The van der Waals surface area contributed by atoms with E-state index in [0.717, 1.165) is 5.56 Å². The van der Waals surface area contributed by atoms with Gasteiger partial charge in [-0.15, -0.1) is 0 Å². The van der Waals surface area contributed by atoms with E-state index in [-0.39, 0.29) is 6.54 Å². The van der Waals surface area contributed by atoms with E-state index >= 15 is 0 Å². The minimum atomic E-state index is -1.29. The van der Waals surface area contributed by atoms with Crippen molar-refractivity contribution in [1.29, 1.82) is 0 Å². The summed E-state index contributed by atoms with van der Waals surface area (Å²) in [4.78, 5) is 50.8. The lowest BCUT2D eigenvalue weighted by molar-refractivity contribution is -0.154. The molecule has 166 valence electrons. The monoisotopic (exact) mass is 422 g/mol. The Morgan fingerprint density at radius 1 is 1.03 bits per heavy atom. The fraction of sp³-hybridized carbons (Fsp3) is 0.524. The van der Waals surface area contributed by atoms with E-state index in [1.54, 1.807) is 45.0 Å². The summed E-state index contributed by atoms with van der Waals surface area (Å²) in [5.41, 5.74) is -0.0397. The average molecular weight is 422 g/mol. The van der Waals surface area contributed by atoms with Gasteiger partial charge < -0.3 is 24.4 Å². The van der Waals surface area contributed by atoms with E-state index in [4.69, 9.17) is 9.47 Å². The van der Waals surface area contributed by atoms with Crippen molar-refractivity contribution in [2.24, 2.45) is 0 Å². The van der Waals surface area contributed by atoms with Crippen molar-refractivity contribution in [1.82, 2.24) is 10.2 Å². The minimum Gasteiger partial charge on any atom is -0.469 e. The summed E-state index contributed by atoms with van der Waals surface area (Å²) in [6.45, 7) is 6.60. The molecule has 0 fully saturated rings. The lowest BCUT2D eigenvalue weighted by atomic mass is 10.1. The van der Waals surface area contributed by atoms with E-state index in [9.17, 15) is 19.2 Å². The number of ether oxygens (including phenoxy) is 3. The van der Waals surface area contributed by atoms with Crippen molar-refractivity contribution < 1.29 is 33.4 Å². The molecule has 0 aromatic heterocycles. The Morgan fingerprint density at radius 2 is 1.63 bits per heavy atom. The van der Waals surface area contributed by atoms with Crippen molar-refractivity contribution in [2.45, 2.75) is 58.3 Å². The highest BCUT2D eigenvalue weighted by atomic mass is 16.6. The number of nitrogens with one attached hydrogen (secondary N) is 1. The molecule has 0 spiro atoms. The lowest BCUT2D eigenvalue weighted by Gasteiger charge is -2.31. The quantitative estimate of drug-likeness (QED) is 0.504. The van der Waals surface area contributed by atoms with Crippen LogP contribution in [0, 0.1) is 0 Å². The van der Waals surface area contributed by atoms with Crippen molar-refractivity contribution >= 4 is 23.9 Å². The molecule has 0 saturated carbocycles. The molecule has 0 radical (unpaired) electrons.